The molecule has 0 spiro atoms. The molecule has 8 bridgehead atoms. The Kier molecular flexibility index (Phi) is 4.98. The lowest BCUT2D eigenvalue weighted by Gasteiger charge is -2.03. The van der Waals surface area contributed by atoms with E-state index in [1.165, 1.54) is 7.11 Å². The van der Waals surface area contributed by atoms with Gasteiger partial charge in [-0.05, 0) is 91.6 Å². The van der Waals surface area contributed by atoms with Crippen molar-refractivity contribution in [3.63, 3.8) is 0 Å². The zero-order valence-electron chi connectivity index (χ0n) is 18.3. The molecule has 6 nitrogen and oxygen atoms in total. The second-order valence-electron chi connectivity index (χ2n) is 8.12. The number of allylic oxidation sites excluding steroid dienone is 2. The second kappa shape index (κ2) is 7.96. The average molecular weight is 425 g/mol. The van der Waals surface area contributed by atoms with Crippen LogP contribution in [0.25, 0.3) is 45.4 Å². The van der Waals surface area contributed by atoms with Crippen LogP contribution in [0.4, 0.5) is 0 Å². The van der Waals surface area contributed by atoms with E-state index in [4.69, 9.17) is 14.7 Å². The van der Waals surface area contributed by atoms with Gasteiger partial charge < -0.3 is 14.7 Å². The van der Waals surface area contributed by atoms with E-state index in [1.807, 2.05) is 30.4 Å². The maximum atomic E-state index is 11.8. The van der Waals surface area contributed by atoms with Gasteiger partial charge in [-0.3, -0.25) is 4.79 Å². The molecule has 2 aliphatic heterocycles. The number of nitrogens with one attached hydrogen (secondary N) is 2. The van der Waals surface area contributed by atoms with Crippen molar-refractivity contribution in [1.29, 1.82) is 0 Å². The lowest BCUT2D eigenvalue weighted by Crippen LogP contribution is -2.00. The summed E-state index contributed by atoms with van der Waals surface area (Å²) in [5.41, 5.74) is 10.7. The topological polar surface area (TPSA) is 83.7 Å². The van der Waals surface area contributed by atoms with Gasteiger partial charge in [0.1, 0.15) is 0 Å². The largest absolute Gasteiger partial charge is 0.469 e. The number of rotatable bonds is 3. The molecule has 6 heteroatoms. The van der Waals surface area contributed by atoms with E-state index in [0.29, 0.717) is 12.8 Å². The lowest BCUT2D eigenvalue weighted by atomic mass is 10.0. The highest BCUT2D eigenvalue weighted by Gasteiger charge is 2.18. The number of aromatic nitrogens is 4. The Morgan fingerprint density at radius 2 is 1.62 bits per heavy atom. The van der Waals surface area contributed by atoms with E-state index in [9.17, 15) is 4.79 Å². The van der Waals surface area contributed by atoms with Crippen LogP contribution >= 0.6 is 0 Å². The summed E-state index contributed by atoms with van der Waals surface area (Å²) in [4.78, 5) is 28.3. The van der Waals surface area contributed by atoms with Crippen LogP contribution < -0.4 is 0 Å². The molecule has 0 fully saturated rings. The highest BCUT2D eigenvalue weighted by molar-refractivity contribution is 5.93. The molecule has 0 radical (unpaired) electrons. The molecule has 2 N–H and O–H groups in total. The molecule has 0 amide bonds. The van der Waals surface area contributed by atoms with E-state index >= 15 is 0 Å². The maximum Gasteiger partial charge on any atom is 0.305 e. The molecule has 0 aromatic carbocycles. The highest BCUT2D eigenvalue weighted by Crippen LogP contribution is 2.33. The number of H-pyrrole nitrogens is 2. The summed E-state index contributed by atoms with van der Waals surface area (Å²) in [5, 5.41) is 0. The molecular formula is C26H24N4O2. The van der Waals surface area contributed by atoms with Gasteiger partial charge in [-0.1, -0.05) is 0 Å². The number of ether oxygens (including phenoxy) is 1. The second-order valence-corrected chi connectivity index (χ2v) is 8.12. The number of esters is 1. The summed E-state index contributed by atoms with van der Waals surface area (Å²) in [6.07, 6.45) is 4.86. The van der Waals surface area contributed by atoms with E-state index in [2.05, 4.69) is 48.1 Å². The third kappa shape index (κ3) is 3.87. The smallest absolute Gasteiger partial charge is 0.305 e. The molecular weight excluding hydrogens is 400 g/mol. The molecule has 0 saturated carbocycles. The van der Waals surface area contributed by atoms with Crippen molar-refractivity contribution in [3.8, 4) is 0 Å². The van der Waals surface area contributed by atoms with Gasteiger partial charge >= 0.3 is 5.97 Å². The van der Waals surface area contributed by atoms with Gasteiger partial charge in [0.2, 0.25) is 0 Å². The summed E-state index contributed by atoms with van der Waals surface area (Å²) < 4.78 is 4.85. The Hall–Kier alpha value is -3.93. The number of aryl methyl sites for hydroxylation is 1. The van der Waals surface area contributed by atoms with E-state index in [1.54, 1.807) is 0 Å². The highest BCUT2D eigenvalue weighted by atomic mass is 16.5. The summed E-state index contributed by atoms with van der Waals surface area (Å²) in [5.74, 6) is -0.227. The SMILES string of the molecule is COC(=O)CCC1=C(C)c2cc3[nH]c(cc3C)cc3ccc(cc4nc(cc1n2)C=C4)[nH]3. The minimum absolute atomic E-state index is 0.227. The van der Waals surface area contributed by atoms with Crippen molar-refractivity contribution in [2.75, 3.05) is 7.11 Å². The zero-order valence-corrected chi connectivity index (χ0v) is 18.3. The van der Waals surface area contributed by atoms with Crippen molar-refractivity contribution in [2.45, 2.75) is 26.7 Å². The molecule has 2 aliphatic rings. The number of hydrogen-bond acceptors (Lipinski definition) is 4. The molecule has 5 rings (SSSR count). The Labute approximate surface area is 185 Å². The maximum absolute atomic E-state index is 11.8. The number of nitrogens with zero attached hydrogens (tertiary/aromatic N) is 2. The van der Waals surface area contributed by atoms with Gasteiger partial charge in [-0.25, -0.2) is 9.97 Å². The molecule has 5 heterocycles. The molecule has 160 valence electrons. The summed E-state index contributed by atoms with van der Waals surface area (Å²) in [7, 11) is 1.42. The van der Waals surface area contributed by atoms with Gasteiger partial charge in [0.25, 0.3) is 0 Å². The summed E-state index contributed by atoms with van der Waals surface area (Å²) >= 11 is 0. The number of hydrogen-bond donors (Lipinski definition) is 2. The third-order valence-corrected chi connectivity index (χ3v) is 5.86. The normalized spacial score (nSPS) is 13.0. The van der Waals surface area contributed by atoms with Crippen LogP contribution in [0.1, 0.15) is 48.1 Å². The Morgan fingerprint density at radius 3 is 2.41 bits per heavy atom. The molecule has 0 atom stereocenters. The first-order valence-corrected chi connectivity index (χ1v) is 10.6. The van der Waals surface area contributed by atoms with Crippen molar-refractivity contribution < 1.29 is 9.53 Å². The first kappa shape index (κ1) is 20.0. The van der Waals surface area contributed by atoms with Crippen LogP contribution in [0.3, 0.4) is 0 Å². The van der Waals surface area contributed by atoms with Crippen LogP contribution in [-0.2, 0) is 9.53 Å². The van der Waals surface area contributed by atoms with Crippen molar-refractivity contribution >= 4 is 51.3 Å². The molecule has 0 unspecified atom stereocenters. The average Bonchev–Trinajstić information content (AvgIpc) is 3.52. The fourth-order valence-electron chi connectivity index (χ4n) is 4.12. The van der Waals surface area contributed by atoms with Crippen molar-refractivity contribution in [1.82, 2.24) is 19.9 Å². The number of fused-ring (bicyclic) bond motifs is 8. The fraction of sp³-hybridized carbons (Fsp3) is 0.192. The quantitative estimate of drug-likeness (QED) is 0.415. The number of aromatic amines is 2. The predicted octanol–water partition coefficient (Wildman–Crippen LogP) is 5.68. The molecule has 3 aromatic rings. The van der Waals surface area contributed by atoms with Gasteiger partial charge in [0.15, 0.2) is 0 Å². The van der Waals surface area contributed by atoms with Crippen LogP contribution in [0.2, 0.25) is 0 Å². The zero-order chi connectivity index (χ0) is 22.2. The van der Waals surface area contributed by atoms with Crippen molar-refractivity contribution in [3.05, 3.63) is 70.8 Å². The standard InChI is InChI=1S/C26H24N4O2/c1-15-10-21-12-19-5-4-17(27-19)11-18-6-7-20(28-18)13-25-22(8-9-26(31)32-3)16(2)24(30-25)14-23(15)29-21/h4-7,10-14,27,29H,8-9H2,1-3H3. The van der Waals surface area contributed by atoms with Gasteiger partial charge in [-0.15, -0.1) is 0 Å². The van der Waals surface area contributed by atoms with E-state index < -0.39 is 0 Å². The Balaban J connectivity index is 1.77. The van der Waals surface area contributed by atoms with Crippen LogP contribution in [-0.4, -0.2) is 33.0 Å². The summed E-state index contributed by atoms with van der Waals surface area (Å²) in [6.45, 7) is 4.14. The number of methoxy groups -OCH3 is 1. The van der Waals surface area contributed by atoms with E-state index in [-0.39, 0.29) is 5.97 Å². The Morgan fingerprint density at radius 1 is 0.875 bits per heavy atom. The first-order valence-electron chi connectivity index (χ1n) is 10.6. The molecule has 32 heavy (non-hydrogen) atoms. The van der Waals surface area contributed by atoms with E-state index in [0.717, 1.165) is 61.6 Å². The number of carbonyl (C=O) groups excluding carboxylic acids is 1. The van der Waals surface area contributed by atoms with Crippen LogP contribution in [0.15, 0.2) is 42.5 Å². The van der Waals surface area contributed by atoms with Crippen LogP contribution in [0.5, 0.6) is 0 Å². The third-order valence-electron chi connectivity index (χ3n) is 5.86. The number of carbonyl (C=O) groups is 1. The first-order chi connectivity index (χ1) is 15.5. The Bertz CT molecular complexity index is 1450. The van der Waals surface area contributed by atoms with Crippen LogP contribution in [0, 0.1) is 6.92 Å². The monoisotopic (exact) mass is 424 g/mol. The minimum atomic E-state index is -0.227. The van der Waals surface area contributed by atoms with Gasteiger partial charge in [0.05, 0.1) is 29.9 Å². The molecule has 0 aliphatic carbocycles. The van der Waals surface area contributed by atoms with Gasteiger partial charge in [0, 0.05) is 28.5 Å². The predicted molar refractivity (Wildman–Crippen MR) is 128 cm³/mol. The van der Waals surface area contributed by atoms with Gasteiger partial charge in [-0.2, -0.15) is 0 Å². The fourth-order valence-corrected chi connectivity index (χ4v) is 4.12. The molecule has 0 saturated heterocycles. The molecule has 3 aromatic heterocycles. The minimum Gasteiger partial charge on any atom is -0.469 e. The van der Waals surface area contributed by atoms with Crippen molar-refractivity contribution in [2.24, 2.45) is 0 Å². The summed E-state index contributed by atoms with van der Waals surface area (Å²) in [6, 6.07) is 14.4. The lowest BCUT2D eigenvalue weighted by molar-refractivity contribution is -0.140.